The number of halogens is 2. The van der Waals surface area contributed by atoms with Gasteiger partial charge in [0.1, 0.15) is 5.82 Å². The lowest BCUT2D eigenvalue weighted by atomic mass is 9.93. The molecule has 0 fully saturated rings. The van der Waals surface area contributed by atoms with Crippen LogP contribution in [0.2, 0.25) is 5.02 Å². The molecule has 1 N–H and O–H groups in total. The topological polar surface area (TPSA) is 24.0 Å². The van der Waals surface area contributed by atoms with E-state index in [9.17, 15) is 4.39 Å². The van der Waals surface area contributed by atoms with Crippen LogP contribution in [0.25, 0.3) is 11.0 Å². The Morgan fingerprint density at radius 3 is 2.65 bits per heavy atom. The summed E-state index contributed by atoms with van der Waals surface area (Å²) in [5.74, 6) is -0.424. The van der Waals surface area contributed by atoms with Crippen molar-refractivity contribution in [2.75, 3.05) is 20.6 Å². The quantitative estimate of drug-likeness (QED) is 0.860. The van der Waals surface area contributed by atoms with Gasteiger partial charge in [-0.15, -0.1) is 0 Å². The van der Waals surface area contributed by atoms with Gasteiger partial charge in [0.05, 0.1) is 16.1 Å². The fourth-order valence-corrected chi connectivity index (χ4v) is 3.08. The number of imidazole rings is 1. The standard InChI is InChI=1S/C14H19ClFN3S/c1-14(2,7-18(3)4)8-19-12-6-10(16)9(15)5-11(12)17-13(19)20/h5-6H,7-8H2,1-4H3,(H,17,20). The first-order valence-corrected chi connectivity index (χ1v) is 7.20. The predicted molar refractivity (Wildman–Crippen MR) is 84.4 cm³/mol. The Balaban J connectivity index is 2.47. The van der Waals surface area contributed by atoms with Gasteiger partial charge in [-0.2, -0.15) is 0 Å². The third-order valence-electron chi connectivity index (χ3n) is 3.15. The zero-order valence-electron chi connectivity index (χ0n) is 12.1. The number of H-pyrrole nitrogens is 1. The molecule has 1 aromatic carbocycles. The number of nitrogens with one attached hydrogen (secondary N) is 1. The van der Waals surface area contributed by atoms with Crippen LogP contribution in [0.4, 0.5) is 4.39 Å². The second kappa shape index (κ2) is 5.47. The number of benzene rings is 1. The fraction of sp³-hybridized carbons (Fsp3) is 0.500. The zero-order chi connectivity index (χ0) is 15.1. The Morgan fingerprint density at radius 2 is 2.05 bits per heavy atom. The highest BCUT2D eigenvalue weighted by Gasteiger charge is 2.21. The molecule has 0 bridgehead atoms. The fourth-order valence-electron chi connectivity index (χ4n) is 2.64. The smallest absolute Gasteiger partial charge is 0.178 e. The molecule has 0 saturated carbocycles. The maximum absolute atomic E-state index is 13.7. The van der Waals surface area contributed by atoms with E-state index < -0.39 is 5.82 Å². The molecule has 110 valence electrons. The van der Waals surface area contributed by atoms with Crippen molar-refractivity contribution in [2.24, 2.45) is 5.41 Å². The van der Waals surface area contributed by atoms with Crippen molar-refractivity contribution in [3.63, 3.8) is 0 Å². The van der Waals surface area contributed by atoms with Crippen molar-refractivity contribution in [2.45, 2.75) is 20.4 Å². The number of aromatic nitrogens is 2. The van der Waals surface area contributed by atoms with Crippen LogP contribution in [0.5, 0.6) is 0 Å². The average molecular weight is 316 g/mol. The van der Waals surface area contributed by atoms with Crippen LogP contribution in [0.3, 0.4) is 0 Å². The summed E-state index contributed by atoms with van der Waals surface area (Å²) >= 11 is 11.2. The largest absolute Gasteiger partial charge is 0.331 e. The molecule has 2 rings (SSSR count). The molecule has 3 nitrogen and oxygen atoms in total. The van der Waals surface area contributed by atoms with E-state index in [1.165, 1.54) is 6.07 Å². The van der Waals surface area contributed by atoms with Crippen LogP contribution in [-0.2, 0) is 6.54 Å². The van der Waals surface area contributed by atoms with Gasteiger partial charge in [0.25, 0.3) is 0 Å². The first kappa shape index (κ1) is 15.5. The number of aromatic amines is 1. The number of nitrogens with zero attached hydrogens (tertiary/aromatic N) is 2. The van der Waals surface area contributed by atoms with E-state index in [1.54, 1.807) is 6.07 Å². The van der Waals surface area contributed by atoms with Crippen LogP contribution < -0.4 is 0 Å². The van der Waals surface area contributed by atoms with Crippen molar-refractivity contribution in [1.29, 1.82) is 0 Å². The van der Waals surface area contributed by atoms with Gasteiger partial charge in [-0.1, -0.05) is 25.4 Å². The number of hydrogen-bond donors (Lipinski definition) is 1. The summed E-state index contributed by atoms with van der Waals surface area (Å²) in [4.78, 5) is 5.22. The number of rotatable bonds is 4. The lowest BCUT2D eigenvalue weighted by molar-refractivity contribution is 0.212. The van der Waals surface area contributed by atoms with E-state index in [-0.39, 0.29) is 10.4 Å². The monoisotopic (exact) mass is 315 g/mol. The Kier molecular flexibility index (Phi) is 4.23. The van der Waals surface area contributed by atoms with Gasteiger partial charge in [0, 0.05) is 19.2 Å². The number of hydrogen-bond acceptors (Lipinski definition) is 2. The molecular formula is C14H19ClFN3S. The zero-order valence-corrected chi connectivity index (χ0v) is 13.7. The molecule has 0 atom stereocenters. The van der Waals surface area contributed by atoms with Gasteiger partial charge >= 0.3 is 0 Å². The summed E-state index contributed by atoms with van der Waals surface area (Å²) in [5, 5.41) is 0.105. The summed E-state index contributed by atoms with van der Waals surface area (Å²) in [5.41, 5.74) is 1.54. The lowest BCUT2D eigenvalue weighted by Crippen LogP contribution is -2.32. The predicted octanol–water partition coefficient (Wildman–Crippen LogP) is 4.08. The number of fused-ring (bicyclic) bond motifs is 1. The SMILES string of the molecule is CN(C)CC(C)(C)Cn1c(=S)[nH]c2cc(Cl)c(F)cc21. The van der Waals surface area contributed by atoms with Crippen LogP contribution in [0.15, 0.2) is 12.1 Å². The van der Waals surface area contributed by atoms with Crippen molar-refractivity contribution in [1.82, 2.24) is 14.5 Å². The molecule has 0 amide bonds. The van der Waals surface area contributed by atoms with Crippen molar-refractivity contribution in [3.05, 3.63) is 27.7 Å². The highest BCUT2D eigenvalue weighted by atomic mass is 35.5. The highest BCUT2D eigenvalue weighted by Crippen LogP contribution is 2.26. The maximum atomic E-state index is 13.7. The average Bonchev–Trinajstić information content (AvgIpc) is 2.54. The molecule has 0 aliphatic heterocycles. The van der Waals surface area contributed by atoms with Gasteiger partial charge in [-0.3, -0.25) is 0 Å². The van der Waals surface area contributed by atoms with Crippen molar-refractivity contribution >= 4 is 34.9 Å². The molecule has 0 saturated heterocycles. The molecule has 0 unspecified atom stereocenters. The highest BCUT2D eigenvalue weighted by molar-refractivity contribution is 7.71. The van der Waals surface area contributed by atoms with Gasteiger partial charge in [0.2, 0.25) is 0 Å². The molecule has 20 heavy (non-hydrogen) atoms. The minimum Gasteiger partial charge on any atom is -0.331 e. The van der Waals surface area contributed by atoms with Gasteiger partial charge in [-0.25, -0.2) is 4.39 Å². The van der Waals surface area contributed by atoms with E-state index in [4.69, 9.17) is 23.8 Å². The van der Waals surface area contributed by atoms with Gasteiger partial charge in [0.15, 0.2) is 4.77 Å². The summed E-state index contributed by atoms with van der Waals surface area (Å²) in [6.07, 6.45) is 0. The maximum Gasteiger partial charge on any atom is 0.178 e. The minimum atomic E-state index is -0.424. The minimum absolute atomic E-state index is 0.0208. The molecule has 1 aromatic heterocycles. The molecule has 0 spiro atoms. The second-order valence-corrected chi connectivity index (χ2v) is 7.00. The van der Waals surface area contributed by atoms with Crippen molar-refractivity contribution in [3.8, 4) is 0 Å². The second-order valence-electron chi connectivity index (χ2n) is 6.20. The normalized spacial score (nSPS) is 12.6. The van der Waals surface area contributed by atoms with Crippen LogP contribution >= 0.6 is 23.8 Å². The molecular weight excluding hydrogens is 297 g/mol. The summed E-state index contributed by atoms with van der Waals surface area (Å²) < 4.78 is 16.2. The van der Waals surface area contributed by atoms with E-state index in [0.717, 1.165) is 17.6 Å². The molecule has 2 aromatic rings. The van der Waals surface area contributed by atoms with Crippen molar-refractivity contribution < 1.29 is 4.39 Å². The van der Waals surface area contributed by atoms with Crippen LogP contribution in [-0.4, -0.2) is 35.1 Å². The van der Waals surface area contributed by atoms with Crippen LogP contribution in [0, 0.1) is 16.0 Å². The van der Waals surface area contributed by atoms with E-state index >= 15 is 0 Å². The molecule has 0 aliphatic rings. The molecule has 6 heteroatoms. The first-order chi connectivity index (χ1) is 9.19. The van der Waals surface area contributed by atoms with Gasteiger partial charge < -0.3 is 14.5 Å². The molecule has 0 aliphatic carbocycles. The third kappa shape index (κ3) is 3.22. The van der Waals surface area contributed by atoms with Gasteiger partial charge in [-0.05, 0) is 37.8 Å². The summed E-state index contributed by atoms with van der Waals surface area (Å²) in [7, 11) is 4.07. The molecule has 1 heterocycles. The van der Waals surface area contributed by atoms with E-state index in [0.29, 0.717) is 11.3 Å². The van der Waals surface area contributed by atoms with Crippen LogP contribution in [0.1, 0.15) is 13.8 Å². The molecule has 0 radical (unpaired) electrons. The lowest BCUT2D eigenvalue weighted by Gasteiger charge is -2.28. The Bertz CT molecular complexity index is 688. The van der Waals surface area contributed by atoms with E-state index in [2.05, 4.69) is 23.7 Å². The Hall–Kier alpha value is -0.910. The summed E-state index contributed by atoms with van der Waals surface area (Å²) in [6.45, 7) is 5.96. The Labute approximate surface area is 128 Å². The summed E-state index contributed by atoms with van der Waals surface area (Å²) in [6, 6.07) is 3.02. The Morgan fingerprint density at radius 1 is 1.40 bits per heavy atom. The first-order valence-electron chi connectivity index (χ1n) is 6.42. The third-order valence-corrected chi connectivity index (χ3v) is 3.76. The van der Waals surface area contributed by atoms with E-state index in [1.807, 2.05) is 18.7 Å².